The van der Waals surface area contributed by atoms with E-state index >= 15 is 0 Å². The van der Waals surface area contributed by atoms with Gasteiger partial charge in [0.25, 0.3) is 0 Å². The van der Waals surface area contributed by atoms with Crippen LogP contribution in [0, 0.1) is 11.3 Å². The maximum atomic E-state index is 11.6. The third-order valence-corrected chi connectivity index (χ3v) is 8.53. The first-order valence-electron chi connectivity index (χ1n) is 10.9. The summed E-state index contributed by atoms with van der Waals surface area (Å²) in [6, 6.07) is 4.65. The molecule has 1 aromatic carbocycles. The minimum Gasteiger partial charge on any atom is -0.493 e. The standard InChI is InChI=1S/C23H33NO4/c1-4-5-8-22(13-25)12-15-16-11-14-6-7-17(27-3)19-18(14)23(15,9-10-24(16)2)21(28-19)20(22)26/h6-7,15-16,20-21,25-26H,4-5,8-13H2,1-3H3/t15?,16?,20-,21?,22+,23?/m0/s1. The molecule has 28 heavy (non-hydrogen) atoms. The number of unbranched alkanes of at least 4 members (excludes halogenated alkanes) is 1. The molecule has 5 nitrogen and oxygen atoms in total. The van der Waals surface area contributed by atoms with E-state index in [1.54, 1.807) is 7.11 Å². The van der Waals surface area contributed by atoms with Crippen LogP contribution in [0.2, 0.25) is 0 Å². The van der Waals surface area contributed by atoms with Crippen molar-refractivity contribution in [3.8, 4) is 11.5 Å². The number of likely N-dealkylation sites (N-methyl/N-ethyl adjacent to an activating group) is 1. The van der Waals surface area contributed by atoms with Gasteiger partial charge in [-0.1, -0.05) is 25.8 Å². The first kappa shape index (κ1) is 18.7. The molecule has 2 aliphatic heterocycles. The van der Waals surface area contributed by atoms with Crippen LogP contribution < -0.4 is 9.47 Å². The molecule has 2 heterocycles. The van der Waals surface area contributed by atoms with Gasteiger partial charge in [-0.2, -0.15) is 0 Å². The summed E-state index contributed by atoms with van der Waals surface area (Å²) in [6.07, 6.45) is 4.86. The van der Waals surface area contributed by atoms with Crippen LogP contribution >= 0.6 is 0 Å². The van der Waals surface area contributed by atoms with Gasteiger partial charge >= 0.3 is 0 Å². The second kappa shape index (κ2) is 6.35. The number of methoxy groups -OCH3 is 1. The van der Waals surface area contributed by atoms with Crippen LogP contribution in [-0.2, 0) is 11.8 Å². The molecular formula is C23H33NO4. The lowest BCUT2D eigenvalue weighted by Crippen LogP contribution is -2.70. The maximum absolute atomic E-state index is 11.6. The highest BCUT2D eigenvalue weighted by molar-refractivity contribution is 5.61. The Hall–Kier alpha value is -1.30. The molecule has 1 aromatic rings. The number of rotatable bonds is 5. The van der Waals surface area contributed by atoms with Crippen molar-refractivity contribution < 1.29 is 19.7 Å². The number of benzene rings is 1. The molecule has 0 aromatic heterocycles. The second-order valence-corrected chi connectivity index (χ2v) is 9.59. The van der Waals surface area contributed by atoms with Gasteiger partial charge in [-0.15, -0.1) is 0 Å². The summed E-state index contributed by atoms with van der Waals surface area (Å²) in [4.78, 5) is 2.50. The molecule has 2 bridgehead atoms. The summed E-state index contributed by atoms with van der Waals surface area (Å²) >= 11 is 0. The Morgan fingerprint density at radius 3 is 2.89 bits per heavy atom. The first-order valence-corrected chi connectivity index (χ1v) is 10.9. The molecule has 154 valence electrons. The van der Waals surface area contributed by atoms with Crippen molar-refractivity contribution in [2.75, 3.05) is 27.3 Å². The lowest BCUT2D eigenvalue weighted by atomic mass is 9.46. The third kappa shape index (κ3) is 2.13. The van der Waals surface area contributed by atoms with Crippen molar-refractivity contribution in [1.82, 2.24) is 4.90 Å². The first-order chi connectivity index (χ1) is 13.5. The Kier molecular flexibility index (Phi) is 4.24. The molecule has 0 amide bonds. The van der Waals surface area contributed by atoms with E-state index in [0.717, 1.165) is 56.6 Å². The predicted molar refractivity (Wildman–Crippen MR) is 107 cm³/mol. The number of hydrogen-bond donors (Lipinski definition) is 2. The molecule has 1 saturated heterocycles. The van der Waals surface area contributed by atoms with Gasteiger partial charge in [0.1, 0.15) is 6.10 Å². The highest BCUT2D eigenvalue weighted by Crippen LogP contribution is 2.66. The molecule has 5 heteroatoms. The molecule has 5 rings (SSSR count). The monoisotopic (exact) mass is 387 g/mol. The van der Waals surface area contributed by atoms with Crippen LogP contribution in [0.25, 0.3) is 0 Å². The van der Waals surface area contributed by atoms with Gasteiger partial charge in [-0.3, -0.25) is 0 Å². The van der Waals surface area contributed by atoms with E-state index in [-0.39, 0.29) is 18.1 Å². The summed E-state index contributed by atoms with van der Waals surface area (Å²) in [5.41, 5.74) is 2.02. The van der Waals surface area contributed by atoms with Crippen molar-refractivity contribution >= 4 is 0 Å². The van der Waals surface area contributed by atoms with E-state index in [1.165, 1.54) is 11.1 Å². The second-order valence-electron chi connectivity index (χ2n) is 9.59. The Morgan fingerprint density at radius 1 is 1.36 bits per heavy atom. The number of hydrogen-bond acceptors (Lipinski definition) is 5. The lowest BCUT2D eigenvalue weighted by molar-refractivity contribution is -0.179. The number of ether oxygens (including phenoxy) is 2. The van der Waals surface area contributed by atoms with Crippen LogP contribution in [0.4, 0.5) is 0 Å². The van der Waals surface area contributed by atoms with Gasteiger partial charge in [-0.05, 0) is 56.8 Å². The summed E-state index contributed by atoms with van der Waals surface area (Å²) in [5, 5.41) is 22.1. The Bertz CT molecular complexity index is 782. The molecule has 4 unspecified atom stereocenters. The number of aliphatic hydroxyl groups is 2. The maximum Gasteiger partial charge on any atom is 0.165 e. The zero-order valence-corrected chi connectivity index (χ0v) is 17.3. The summed E-state index contributed by atoms with van der Waals surface area (Å²) < 4.78 is 12.2. The fourth-order valence-electron chi connectivity index (χ4n) is 7.05. The minimum atomic E-state index is -0.660. The van der Waals surface area contributed by atoms with Crippen molar-refractivity contribution in [2.24, 2.45) is 11.3 Å². The molecule has 1 saturated carbocycles. The molecule has 2 aliphatic carbocycles. The Balaban J connectivity index is 1.70. The summed E-state index contributed by atoms with van der Waals surface area (Å²) in [5.74, 6) is 2.01. The highest BCUT2D eigenvalue weighted by atomic mass is 16.5. The summed E-state index contributed by atoms with van der Waals surface area (Å²) in [6.45, 7) is 3.21. The Labute approximate surface area is 167 Å². The predicted octanol–water partition coefficient (Wildman–Crippen LogP) is 2.50. The average Bonchev–Trinajstić information content (AvgIpc) is 3.06. The SMILES string of the molecule is CCCC[C@]1(CO)CC2C3Cc4ccc(OC)c5c4C2(CCN3C)C(O5)[C@@H]1O. The van der Waals surface area contributed by atoms with Gasteiger partial charge < -0.3 is 24.6 Å². The fourth-order valence-corrected chi connectivity index (χ4v) is 7.05. The van der Waals surface area contributed by atoms with E-state index in [2.05, 4.69) is 24.9 Å². The van der Waals surface area contributed by atoms with E-state index in [4.69, 9.17) is 9.47 Å². The number of aliphatic hydroxyl groups excluding tert-OH is 2. The van der Waals surface area contributed by atoms with E-state index in [1.807, 2.05) is 6.07 Å². The number of nitrogens with zero attached hydrogens (tertiary/aromatic N) is 1. The van der Waals surface area contributed by atoms with Gasteiger partial charge in [0, 0.05) is 22.4 Å². The normalized spacial score (nSPS) is 40.8. The van der Waals surface area contributed by atoms with Crippen molar-refractivity contribution in [3.63, 3.8) is 0 Å². The number of likely N-dealkylation sites (tertiary alicyclic amines) is 1. The zero-order chi connectivity index (χ0) is 19.7. The molecule has 2 fully saturated rings. The molecule has 1 spiro atoms. The van der Waals surface area contributed by atoms with E-state index in [0.29, 0.717) is 12.0 Å². The quantitative estimate of drug-likeness (QED) is 0.813. The van der Waals surface area contributed by atoms with E-state index < -0.39 is 11.5 Å². The third-order valence-electron chi connectivity index (χ3n) is 8.53. The molecule has 6 atom stereocenters. The molecular weight excluding hydrogens is 354 g/mol. The Morgan fingerprint density at radius 2 is 2.18 bits per heavy atom. The van der Waals surface area contributed by atoms with Gasteiger partial charge in [0.05, 0.1) is 19.8 Å². The van der Waals surface area contributed by atoms with Crippen LogP contribution in [0.3, 0.4) is 0 Å². The van der Waals surface area contributed by atoms with Crippen molar-refractivity contribution in [2.45, 2.75) is 69.1 Å². The van der Waals surface area contributed by atoms with Crippen molar-refractivity contribution in [3.05, 3.63) is 23.3 Å². The van der Waals surface area contributed by atoms with Gasteiger partial charge in [-0.25, -0.2) is 0 Å². The smallest absolute Gasteiger partial charge is 0.165 e. The topological polar surface area (TPSA) is 62.2 Å². The van der Waals surface area contributed by atoms with Crippen LogP contribution in [0.1, 0.15) is 50.2 Å². The molecule has 4 aliphatic rings. The van der Waals surface area contributed by atoms with Crippen molar-refractivity contribution in [1.29, 1.82) is 0 Å². The van der Waals surface area contributed by atoms with Gasteiger partial charge in [0.15, 0.2) is 11.5 Å². The van der Waals surface area contributed by atoms with E-state index in [9.17, 15) is 10.2 Å². The van der Waals surface area contributed by atoms with Crippen LogP contribution in [0.5, 0.6) is 11.5 Å². The van der Waals surface area contributed by atoms with Crippen LogP contribution in [0.15, 0.2) is 12.1 Å². The fraction of sp³-hybridized carbons (Fsp3) is 0.739. The molecule has 0 radical (unpaired) electrons. The summed E-state index contributed by atoms with van der Waals surface area (Å²) in [7, 11) is 3.92. The van der Waals surface area contributed by atoms with Gasteiger partial charge in [0.2, 0.25) is 0 Å². The van der Waals surface area contributed by atoms with Crippen LogP contribution in [-0.4, -0.2) is 60.7 Å². The highest BCUT2D eigenvalue weighted by Gasteiger charge is 2.69. The number of piperidine rings is 1. The average molecular weight is 388 g/mol. The minimum absolute atomic E-state index is 0.0252. The molecule has 2 N–H and O–H groups in total. The zero-order valence-electron chi connectivity index (χ0n) is 17.3. The lowest BCUT2D eigenvalue weighted by Gasteiger charge is -2.62. The largest absolute Gasteiger partial charge is 0.493 e.